The van der Waals surface area contributed by atoms with Crippen molar-refractivity contribution in [2.24, 2.45) is 5.10 Å². The minimum atomic E-state index is -3.82. The fourth-order valence-electron chi connectivity index (χ4n) is 3.16. The molecule has 8 nitrogen and oxygen atoms in total. The van der Waals surface area contributed by atoms with E-state index in [0.29, 0.717) is 28.2 Å². The van der Waals surface area contributed by atoms with Gasteiger partial charge < -0.3 is 9.47 Å². The van der Waals surface area contributed by atoms with E-state index in [4.69, 9.17) is 9.47 Å². The molecule has 1 N–H and O–H groups in total. The Labute approximate surface area is 177 Å². The van der Waals surface area contributed by atoms with Gasteiger partial charge in [0.05, 0.1) is 31.9 Å². The third-order valence-electron chi connectivity index (χ3n) is 4.45. The number of nitrogens with zero attached hydrogens (tertiary/aromatic N) is 2. The van der Waals surface area contributed by atoms with Crippen molar-refractivity contribution in [3.8, 4) is 11.5 Å². The van der Waals surface area contributed by atoms with Gasteiger partial charge in [-0.3, -0.25) is 4.79 Å². The quantitative estimate of drug-likeness (QED) is 0.509. The van der Waals surface area contributed by atoms with E-state index >= 15 is 0 Å². The van der Waals surface area contributed by atoms with Gasteiger partial charge in [-0.05, 0) is 55.7 Å². The van der Waals surface area contributed by atoms with E-state index in [1.54, 1.807) is 44.2 Å². The van der Waals surface area contributed by atoms with Crippen molar-refractivity contribution in [3.63, 3.8) is 0 Å². The molecule has 0 bridgehead atoms. The number of sulfonamides is 1. The zero-order chi connectivity index (χ0) is 22.5. The zero-order valence-electron chi connectivity index (χ0n) is 18.0. The maximum absolute atomic E-state index is 12.9. The molecule has 162 valence electrons. The van der Waals surface area contributed by atoms with Gasteiger partial charge in [0.1, 0.15) is 0 Å². The Balaban J connectivity index is 2.07. The number of ether oxygens (including phenoxy) is 2. The van der Waals surface area contributed by atoms with Gasteiger partial charge in [0, 0.05) is 7.05 Å². The summed E-state index contributed by atoms with van der Waals surface area (Å²) in [6.07, 6.45) is 1.43. The lowest BCUT2D eigenvalue weighted by atomic mass is 10.1. The molecule has 1 amide bonds. The first-order valence-electron chi connectivity index (χ1n) is 9.18. The smallest absolute Gasteiger partial charge is 0.255 e. The Hall–Kier alpha value is -2.91. The van der Waals surface area contributed by atoms with Gasteiger partial charge in [-0.25, -0.2) is 13.8 Å². The van der Waals surface area contributed by atoms with E-state index in [2.05, 4.69) is 10.5 Å². The van der Waals surface area contributed by atoms with Gasteiger partial charge in [0.15, 0.2) is 11.5 Å². The van der Waals surface area contributed by atoms with E-state index in [9.17, 15) is 13.2 Å². The first kappa shape index (κ1) is 23.4. The molecule has 9 heteroatoms. The second kappa shape index (κ2) is 9.73. The maximum Gasteiger partial charge on any atom is 0.255 e. The molecule has 0 heterocycles. The molecule has 2 rings (SSSR count). The highest BCUT2D eigenvalue weighted by atomic mass is 32.2. The van der Waals surface area contributed by atoms with Crippen LogP contribution < -0.4 is 14.9 Å². The molecular weight excluding hydrogens is 406 g/mol. The molecule has 0 saturated carbocycles. The van der Waals surface area contributed by atoms with Gasteiger partial charge in [-0.2, -0.15) is 9.41 Å². The summed E-state index contributed by atoms with van der Waals surface area (Å²) in [4.78, 5) is 12.4. The molecule has 0 radical (unpaired) electrons. The molecule has 0 aliphatic rings. The standard InChI is InChI=1S/C21H27N3O5S/c1-14-9-15(2)21(16(3)10-14)30(26,27)24(4)13-20(25)23-22-12-17-7-8-18(28-5)19(11-17)29-6/h7-12H,13H2,1-6H3,(H,23,25)/b22-12-. The predicted molar refractivity (Wildman–Crippen MR) is 116 cm³/mol. The molecule has 0 unspecified atom stereocenters. The number of carbonyl (C=O) groups excluding carboxylic acids is 1. The van der Waals surface area contributed by atoms with Crippen LogP contribution in [0.25, 0.3) is 0 Å². The van der Waals surface area contributed by atoms with Crippen molar-refractivity contribution in [1.82, 2.24) is 9.73 Å². The molecule has 0 fully saturated rings. The molecule has 0 spiro atoms. The van der Waals surface area contributed by atoms with E-state index in [1.807, 2.05) is 6.92 Å². The minimum Gasteiger partial charge on any atom is -0.493 e. The summed E-state index contributed by atoms with van der Waals surface area (Å²) >= 11 is 0. The highest BCUT2D eigenvalue weighted by Crippen LogP contribution is 2.27. The molecule has 0 aliphatic carbocycles. The monoisotopic (exact) mass is 433 g/mol. The van der Waals surface area contributed by atoms with Crippen LogP contribution in [0.1, 0.15) is 22.3 Å². The first-order valence-corrected chi connectivity index (χ1v) is 10.6. The highest BCUT2D eigenvalue weighted by molar-refractivity contribution is 7.89. The maximum atomic E-state index is 12.9. The van der Waals surface area contributed by atoms with Crippen LogP contribution in [-0.2, 0) is 14.8 Å². The first-order chi connectivity index (χ1) is 14.1. The summed E-state index contributed by atoms with van der Waals surface area (Å²) in [6.45, 7) is 5.03. The fourth-order valence-corrected chi connectivity index (χ4v) is 4.69. The average Bonchev–Trinajstić information content (AvgIpc) is 2.66. The number of nitrogens with one attached hydrogen (secondary N) is 1. The number of hydrogen-bond donors (Lipinski definition) is 1. The van der Waals surface area contributed by atoms with Crippen LogP contribution >= 0.6 is 0 Å². The fraction of sp³-hybridized carbons (Fsp3) is 0.333. The Bertz CT molecular complexity index is 1040. The van der Waals surface area contributed by atoms with Crippen LogP contribution in [0.3, 0.4) is 0 Å². The Morgan fingerprint density at radius 3 is 2.23 bits per heavy atom. The summed E-state index contributed by atoms with van der Waals surface area (Å²) < 4.78 is 37.3. The van der Waals surface area contributed by atoms with E-state index in [0.717, 1.165) is 9.87 Å². The molecule has 0 aromatic heterocycles. The summed E-state index contributed by atoms with van der Waals surface area (Å²) in [6, 6.07) is 8.78. The number of benzene rings is 2. The van der Waals surface area contributed by atoms with Crippen molar-refractivity contribution in [3.05, 3.63) is 52.6 Å². The predicted octanol–water partition coefficient (Wildman–Crippen LogP) is 2.40. The lowest BCUT2D eigenvalue weighted by Gasteiger charge is -2.19. The van der Waals surface area contributed by atoms with Gasteiger partial charge >= 0.3 is 0 Å². The normalized spacial score (nSPS) is 11.7. The van der Waals surface area contributed by atoms with Gasteiger partial charge in [0.25, 0.3) is 5.91 Å². The number of rotatable bonds is 8. The number of carbonyl (C=O) groups is 1. The third-order valence-corrected chi connectivity index (χ3v) is 6.56. The van der Waals surface area contributed by atoms with Gasteiger partial charge in [-0.1, -0.05) is 17.7 Å². The van der Waals surface area contributed by atoms with E-state index < -0.39 is 15.9 Å². The van der Waals surface area contributed by atoms with Gasteiger partial charge in [-0.15, -0.1) is 0 Å². The highest BCUT2D eigenvalue weighted by Gasteiger charge is 2.26. The second-order valence-corrected chi connectivity index (χ2v) is 8.88. The van der Waals surface area contributed by atoms with Crippen LogP contribution in [-0.4, -0.2) is 52.7 Å². The molecule has 0 saturated heterocycles. The van der Waals surface area contributed by atoms with Crippen molar-refractivity contribution >= 4 is 22.1 Å². The minimum absolute atomic E-state index is 0.220. The van der Waals surface area contributed by atoms with Crippen LogP contribution in [0.4, 0.5) is 0 Å². The average molecular weight is 434 g/mol. The lowest BCUT2D eigenvalue weighted by Crippen LogP contribution is -2.37. The topological polar surface area (TPSA) is 97.3 Å². The van der Waals surface area contributed by atoms with Crippen LogP contribution in [0, 0.1) is 20.8 Å². The number of methoxy groups -OCH3 is 2. The Morgan fingerprint density at radius 2 is 1.67 bits per heavy atom. The van der Waals surface area contributed by atoms with Crippen LogP contribution in [0.5, 0.6) is 11.5 Å². The molecular formula is C21H27N3O5S. The number of aryl methyl sites for hydroxylation is 3. The third kappa shape index (κ3) is 5.37. The second-order valence-electron chi connectivity index (χ2n) is 6.90. The summed E-state index contributed by atoms with van der Waals surface area (Å²) in [5.41, 5.74) is 5.29. The van der Waals surface area contributed by atoms with Crippen molar-refractivity contribution in [1.29, 1.82) is 0 Å². The number of likely N-dealkylation sites (N-methyl/N-ethyl adjacent to an activating group) is 1. The Morgan fingerprint density at radius 1 is 1.07 bits per heavy atom. The summed E-state index contributed by atoms with van der Waals surface area (Å²) in [5, 5.41) is 3.88. The van der Waals surface area contributed by atoms with Crippen molar-refractivity contribution in [2.45, 2.75) is 25.7 Å². The summed E-state index contributed by atoms with van der Waals surface area (Å²) in [5.74, 6) is 0.551. The molecule has 2 aromatic carbocycles. The van der Waals surface area contributed by atoms with Crippen LogP contribution in [0.15, 0.2) is 40.3 Å². The number of hydrazone groups is 1. The molecule has 2 aromatic rings. The van der Waals surface area contributed by atoms with Gasteiger partial charge in [0.2, 0.25) is 10.0 Å². The lowest BCUT2D eigenvalue weighted by molar-refractivity contribution is -0.121. The molecule has 0 atom stereocenters. The Kier molecular flexibility index (Phi) is 7.58. The summed E-state index contributed by atoms with van der Waals surface area (Å²) in [7, 11) is 0.611. The van der Waals surface area contributed by atoms with Crippen molar-refractivity contribution in [2.75, 3.05) is 27.8 Å². The molecule has 30 heavy (non-hydrogen) atoms. The van der Waals surface area contributed by atoms with E-state index in [-0.39, 0.29) is 11.4 Å². The van der Waals surface area contributed by atoms with Crippen molar-refractivity contribution < 1.29 is 22.7 Å². The number of amides is 1. The zero-order valence-corrected chi connectivity index (χ0v) is 18.8. The molecule has 0 aliphatic heterocycles. The van der Waals surface area contributed by atoms with E-state index in [1.165, 1.54) is 27.5 Å². The number of hydrogen-bond acceptors (Lipinski definition) is 6. The SMILES string of the molecule is COc1ccc(/C=N\NC(=O)CN(C)S(=O)(=O)c2c(C)cc(C)cc2C)cc1OC. The van der Waals surface area contributed by atoms with Crippen LogP contribution in [0.2, 0.25) is 0 Å². The largest absolute Gasteiger partial charge is 0.493 e.